The highest BCUT2D eigenvalue weighted by Crippen LogP contribution is 2.24. The minimum atomic E-state index is -3.63. The molecule has 9 nitrogen and oxygen atoms in total. The second-order valence-corrected chi connectivity index (χ2v) is 7.57. The van der Waals surface area contributed by atoms with E-state index < -0.39 is 15.6 Å². The molecule has 0 spiro atoms. The molecule has 0 radical (unpaired) electrons. The Labute approximate surface area is 153 Å². The summed E-state index contributed by atoms with van der Waals surface area (Å²) in [4.78, 5) is 0.143. The Balaban J connectivity index is 1.54. The Morgan fingerprint density at radius 1 is 1.15 bits per heavy atom. The maximum atomic E-state index is 12.5. The molecule has 0 amide bonds. The molecular formula is C17H14N4O5S. The maximum Gasteiger partial charge on any atom is 0.265 e. The minimum Gasteiger partial charge on any atom is -0.497 e. The van der Waals surface area contributed by atoms with Crippen molar-refractivity contribution in [3.8, 4) is 28.8 Å². The van der Waals surface area contributed by atoms with Crippen LogP contribution in [0.25, 0.3) is 23.0 Å². The fourth-order valence-corrected chi connectivity index (χ4v) is 3.59. The zero-order valence-electron chi connectivity index (χ0n) is 14.1. The molecule has 3 heterocycles. The van der Waals surface area contributed by atoms with Gasteiger partial charge in [-0.1, -0.05) is 0 Å². The van der Waals surface area contributed by atoms with Gasteiger partial charge in [0.2, 0.25) is 5.89 Å². The molecule has 0 aliphatic carbocycles. The highest BCUT2D eigenvalue weighted by atomic mass is 32.2. The summed E-state index contributed by atoms with van der Waals surface area (Å²) in [7, 11) is -2.12. The molecule has 4 aromatic rings. The van der Waals surface area contributed by atoms with Crippen molar-refractivity contribution in [1.29, 1.82) is 0 Å². The molecular weight excluding hydrogens is 372 g/mol. The van der Waals surface area contributed by atoms with E-state index in [0.29, 0.717) is 22.9 Å². The number of aromatic nitrogens is 4. The summed E-state index contributed by atoms with van der Waals surface area (Å²) in [6.45, 7) is 0. The van der Waals surface area contributed by atoms with Gasteiger partial charge in [0.1, 0.15) is 22.9 Å². The van der Waals surface area contributed by atoms with Crippen LogP contribution in [0.1, 0.15) is 5.89 Å². The maximum absolute atomic E-state index is 12.5. The van der Waals surface area contributed by atoms with E-state index in [2.05, 4.69) is 20.4 Å². The van der Waals surface area contributed by atoms with Crippen molar-refractivity contribution >= 4 is 9.84 Å². The van der Waals surface area contributed by atoms with Crippen LogP contribution in [0.5, 0.6) is 5.75 Å². The van der Waals surface area contributed by atoms with Crippen LogP contribution in [0.2, 0.25) is 0 Å². The number of nitrogens with one attached hydrogen (secondary N) is 1. The molecule has 0 fully saturated rings. The summed E-state index contributed by atoms with van der Waals surface area (Å²) < 4.78 is 40.8. The van der Waals surface area contributed by atoms with Crippen molar-refractivity contribution < 1.29 is 22.0 Å². The van der Waals surface area contributed by atoms with E-state index in [4.69, 9.17) is 13.6 Å². The van der Waals surface area contributed by atoms with Gasteiger partial charge in [-0.25, -0.2) is 8.42 Å². The highest BCUT2D eigenvalue weighted by Gasteiger charge is 2.21. The van der Waals surface area contributed by atoms with Gasteiger partial charge >= 0.3 is 0 Å². The van der Waals surface area contributed by atoms with Crippen LogP contribution in [0, 0.1) is 0 Å². The molecule has 27 heavy (non-hydrogen) atoms. The number of benzene rings is 1. The quantitative estimate of drug-likeness (QED) is 0.536. The number of hydrogen-bond acceptors (Lipinski definition) is 8. The number of nitrogens with zero attached hydrogens (tertiary/aromatic N) is 3. The van der Waals surface area contributed by atoms with E-state index in [-0.39, 0.29) is 16.7 Å². The fraction of sp³-hybridized carbons (Fsp3) is 0.118. The largest absolute Gasteiger partial charge is 0.497 e. The Kier molecular flexibility index (Phi) is 4.24. The Hall–Kier alpha value is -3.40. The highest BCUT2D eigenvalue weighted by molar-refractivity contribution is 7.90. The Bertz CT molecular complexity index is 1140. The third-order valence-electron chi connectivity index (χ3n) is 3.78. The zero-order chi connectivity index (χ0) is 18.9. The third-order valence-corrected chi connectivity index (χ3v) is 5.40. The van der Waals surface area contributed by atoms with E-state index >= 15 is 0 Å². The number of H-pyrrole nitrogens is 1. The lowest BCUT2D eigenvalue weighted by atomic mass is 10.3. The van der Waals surface area contributed by atoms with Crippen molar-refractivity contribution in [3.05, 3.63) is 54.6 Å². The average Bonchev–Trinajstić information content (AvgIpc) is 3.41. The first-order chi connectivity index (χ1) is 13.0. The first kappa shape index (κ1) is 17.0. The second-order valence-electron chi connectivity index (χ2n) is 5.58. The number of rotatable bonds is 6. The van der Waals surface area contributed by atoms with Gasteiger partial charge in [-0.15, -0.1) is 10.2 Å². The number of aromatic amines is 1. The van der Waals surface area contributed by atoms with Gasteiger partial charge in [-0.3, -0.25) is 5.10 Å². The first-order valence-corrected chi connectivity index (χ1v) is 9.49. The van der Waals surface area contributed by atoms with Crippen molar-refractivity contribution in [3.63, 3.8) is 0 Å². The molecule has 138 valence electrons. The summed E-state index contributed by atoms with van der Waals surface area (Å²) in [6, 6.07) is 11.3. The van der Waals surface area contributed by atoms with Gasteiger partial charge in [-0.2, -0.15) is 5.10 Å². The number of ether oxygens (including phenoxy) is 1. The first-order valence-electron chi connectivity index (χ1n) is 7.84. The predicted octanol–water partition coefficient (Wildman–Crippen LogP) is 2.70. The molecule has 0 aliphatic rings. The zero-order valence-corrected chi connectivity index (χ0v) is 14.9. The molecule has 10 heteroatoms. The van der Waals surface area contributed by atoms with Crippen LogP contribution < -0.4 is 4.74 Å². The van der Waals surface area contributed by atoms with Crippen LogP contribution >= 0.6 is 0 Å². The van der Waals surface area contributed by atoms with Gasteiger partial charge in [0.25, 0.3) is 5.89 Å². The van der Waals surface area contributed by atoms with Crippen LogP contribution in [0.3, 0.4) is 0 Å². The SMILES string of the molecule is COc1ccc(S(=O)(=O)Cc2nnc(-c3cc(-c4ccco4)n[nH]3)o2)cc1. The Morgan fingerprint density at radius 2 is 1.96 bits per heavy atom. The molecule has 0 saturated carbocycles. The summed E-state index contributed by atoms with van der Waals surface area (Å²) in [5, 5.41) is 14.6. The number of furan rings is 1. The van der Waals surface area contributed by atoms with Gasteiger partial charge in [0, 0.05) is 6.07 Å². The van der Waals surface area contributed by atoms with Gasteiger partial charge in [0.05, 0.1) is 18.3 Å². The van der Waals surface area contributed by atoms with Crippen molar-refractivity contribution in [2.45, 2.75) is 10.6 Å². The van der Waals surface area contributed by atoms with Crippen LogP contribution in [0.4, 0.5) is 0 Å². The van der Waals surface area contributed by atoms with E-state index in [9.17, 15) is 8.42 Å². The summed E-state index contributed by atoms with van der Waals surface area (Å²) in [5.74, 6) is 0.862. The molecule has 4 rings (SSSR count). The third kappa shape index (κ3) is 3.47. The van der Waals surface area contributed by atoms with Crippen molar-refractivity contribution in [2.24, 2.45) is 0 Å². The predicted molar refractivity (Wildman–Crippen MR) is 93.5 cm³/mol. The monoisotopic (exact) mass is 386 g/mol. The Morgan fingerprint density at radius 3 is 2.67 bits per heavy atom. The van der Waals surface area contributed by atoms with E-state index in [1.54, 1.807) is 36.6 Å². The smallest absolute Gasteiger partial charge is 0.265 e. The molecule has 1 aromatic carbocycles. The van der Waals surface area contributed by atoms with Gasteiger partial charge in [0.15, 0.2) is 15.6 Å². The summed E-state index contributed by atoms with van der Waals surface area (Å²) in [5.41, 5.74) is 1.03. The van der Waals surface area contributed by atoms with E-state index in [1.807, 2.05) is 0 Å². The van der Waals surface area contributed by atoms with Crippen LogP contribution in [0.15, 0.2) is 62.5 Å². The lowest BCUT2D eigenvalue weighted by Crippen LogP contribution is -2.05. The molecule has 0 atom stereocenters. The number of sulfone groups is 1. The minimum absolute atomic E-state index is 0.0185. The normalized spacial score (nSPS) is 11.6. The van der Waals surface area contributed by atoms with Crippen LogP contribution in [-0.4, -0.2) is 35.9 Å². The van der Waals surface area contributed by atoms with E-state index in [0.717, 1.165) is 0 Å². The van der Waals surface area contributed by atoms with Gasteiger partial charge in [-0.05, 0) is 36.4 Å². The lowest BCUT2D eigenvalue weighted by molar-refractivity contribution is 0.414. The van der Waals surface area contributed by atoms with Crippen LogP contribution in [-0.2, 0) is 15.6 Å². The molecule has 0 bridgehead atoms. The van der Waals surface area contributed by atoms with Gasteiger partial charge < -0.3 is 13.6 Å². The lowest BCUT2D eigenvalue weighted by Gasteiger charge is -2.03. The average molecular weight is 386 g/mol. The van der Waals surface area contributed by atoms with Crippen molar-refractivity contribution in [2.75, 3.05) is 7.11 Å². The second kappa shape index (κ2) is 6.72. The molecule has 0 aliphatic heterocycles. The molecule has 0 unspecified atom stereocenters. The molecule has 0 saturated heterocycles. The summed E-state index contributed by atoms with van der Waals surface area (Å²) in [6.07, 6.45) is 1.54. The summed E-state index contributed by atoms with van der Waals surface area (Å²) >= 11 is 0. The topological polar surface area (TPSA) is 124 Å². The van der Waals surface area contributed by atoms with Crippen molar-refractivity contribution in [1.82, 2.24) is 20.4 Å². The fourth-order valence-electron chi connectivity index (χ4n) is 2.43. The molecule has 3 aromatic heterocycles. The van der Waals surface area contributed by atoms with E-state index in [1.165, 1.54) is 19.2 Å². The number of hydrogen-bond donors (Lipinski definition) is 1. The number of methoxy groups -OCH3 is 1. The standard InChI is InChI=1S/C17H14N4O5S/c1-24-11-4-6-12(7-5-11)27(22,23)10-16-20-21-17(26-16)14-9-13(18-19-14)15-3-2-8-25-15/h2-9H,10H2,1H3,(H,18,19). The molecule has 1 N–H and O–H groups in total.